The largest absolute Gasteiger partial charge is 0.343 e. The summed E-state index contributed by atoms with van der Waals surface area (Å²) >= 11 is 0. The molecule has 0 radical (unpaired) electrons. The number of nitrogens with one attached hydrogen (secondary N) is 1. The van der Waals surface area contributed by atoms with E-state index in [4.69, 9.17) is 0 Å². The highest BCUT2D eigenvalue weighted by Gasteiger charge is 2.34. The van der Waals surface area contributed by atoms with Crippen LogP contribution in [0.2, 0.25) is 0 Å². The number of aromatic amines is 1. The van der Waals surface area contributed by atoms with Crippen LogP contribution in [-0.4, -0.2) is 32.1 Å². The molecule has 1 atom stereocenters. The maximum absolute atomic E-state index is 13.1. The van der Waals surface area contributed by atoms with Gasteiger partial charge in [0.1, 0.15) is 11.6 Å². The number of hydrogen-bond donors (Lipinski definition) is 1. The Morgan fingerprint density at radius 1 is 1.04 bits per heavy atom. The first-order valence-corrected chi connectivity index (χ1v) is 9.31. The Bertz CT molecular complexity index is 1010. The fourth-order valence-electron chi connectivity index (χ4n) is 3.65. The fourth-order valence-corrected chi connectivity index (χ4v) is 3.65. The lowest BCUT2D eigenvalue weighted by atomic mass is 10.1. The summed E-state index contributed by atoms with van der Waals surface area (Å²) in [5.41, 5.74) is 1.73. The highest BCUT2D eigenvalue weighted by atomic mass is 19.1. The second-order valence-corrected chi connectivity index (χ2v) is 7.08. The van der Waals surface area contributed by atoms with Crippen LogP contribution in [-0.2, 0) is 24.3 Å². The summed E-state index contributed by atoms with van der Waals surface area (Å²) in [6.07, 6.45) is 0.925. The number of amides is 1. The molecular weight excluding hydrogens is 359 g/mol. The van der Waals surface area contributed by atoms with Crippen LogP contribution in [0, 0.1) is 5.82 Å². The summed E-state index contributed by atoms with van der Waals surface area (Å²) < 4.78 is 14.6. The number of carbonyl (C=O) groups excluding carboxylic acids is 1. The smallest absolute Gasteiger partial charge is 0.338 e. The molecule has 28 heavy (non-hydrogen) atoms. The molecule has 0 spiro atoms. The summed E-state index contributed by atoms with van der Waals surface area (Å²) in [5.74, 6) is 0.265. The Balaban J connectivity index is 1.47. The number of halogens is 1. The fraction of sp³-hybridized carbons (Fsp3) is 0.286. The zero-order valence-electron chi connectivity index (χ0n) is 15.3. The second kappa shape index (κ2) is 7.80. The van der Waals surface area contributed by atoms with Gasteiger partial charge in [-0.05, 0) is 29.7 Å². The van der Waals surface area contributed by atoms with Gasteiger partial charge in [-0.25, -0.2) is 14.3 Å². The van der Waals surface area contributed by atoms with Crippen LogP contribution in [0.3, 0.4) is 0 Å². The lowest BCUT2D eigenvalue weighted by Gasteiger charge is -2.16. The first kappa shape index (κ1) is 18.2. The molecule has 3 aromatic rings. The van der Waals surface area contributed by atoms with Crippen molar-refractivity contribution < 1.29 is 9.18 Å². The number of carbonyl (C=O) groups is 1. The van der Waals surface area contributed by atoms with Crippen molar-refractivity contribution in [3.05, 3.63) is 87.9 Å². The van der Waals surface area contributed by atoms with Crippen molar-refractivity contribution >= 4 is 5.91 Å². The highest BCUT2D eigenvalue weighted by Crippen LogP contribution is 2.27. The number of nitrogens with zero attached hydrogens (tertiary/aromatic N) is 3. The van der Waals surface area contributed by atoms with Crippen molar-refractivity contribution in [2.24, 2.45) is 0 Å². The average Bonchev–Trinajstić information content (AvgIpc) is 3.25. The Morgan fingerprint density at radius 3 is 2.54 bits per heavy atom. The van der Waals surface area contributed by atoms with Crippen molar-refractivity contribution in [3.63, 3.8) is 0 Å². The van der Waals surface area contributed by atoms with Crippen molar-refractivity contribution in [2.45, 2.75) is 31.8 Å². The van der Waals surface area contributed by atoms with E-state index in [0.29, 0.717) is 38.3 Å². The summed E-state index contributed by atoms with van der Waals surface area (Å²) in [4.78, 5) is 26.5. The first-order chi connectivity index (χ1) is 13.6. The first-order valence-electron chi connectivity index (χ1n) is 9.31. The Kier molecular flexibility index (Phi) is 5.06. The molecule has 2 heterocycles. The van der Waals surface area contributed by atoms with Gasteiger partial charge in [0.15, 0.2) is 0 Å². The van der Waals surface area contributed by atoms with Crippen LogP contribution in [0.5, 0.6) is 0 Å². The van der Waals surface area contributed by atoms with E-state index >= 15 is 0 Å². The van der Waals surface area contributed by atoms with E-state index in [0.717, 1.165) is 11.1 Å². The summed E-state index contributed by atoms with van der Waals surface area (Å²) in [7, 11) is 0. The SMILES string of the molecule is O=C1C[C@@H](c2n[nH]c(=O)n2CCc2ccc(F)cc2)CN1Cc1ccccc1. The van der Waals surface area contributed by atoms with Crippen molar-refractivity contribution in [1.29, 1.82) is 0 Å². The van der Waals surface area contributed by atoms with Gasteiger partial charge >= 0.3 is 5.69 Å². The molecule has 144 valence electrons. The van der Waals surface area contributed by atoms with E-state index in [1.165, 1.54) is 12.1 Å². The number of likely N-dealkylation sites (tertiary alicyclic amines) is 1. The normalized spacial score (nSPS) is 16.7. The molecule has 1 amide bonds. The number of aromatic nitrogens is 3. The number of rotatable bonds is 6. The third-order valence-electron chi connectivity index (χ3n) is 5.12. The minimum atomic E-state index is -0.286. The lowest BCUT2D eigenvalue weighted by molar-refractivity contribution is -0.128. The van der Waals surface area contributed by atoms with Gasteiger partial charge in [0, 0.05) is 32.0 Å². The molecule has 0 bridgehead atoms. The van der Waals surface area contributed by atoms with Crippen LogP contribution in [0.4, 0.5) is 4.39 Å². The minimum absolute atomic E-state index is 0.0642. The minimum Gasteiger partial charge on any atom is -0.338 e. The van der Waals surface area contributed by atoms with Gasteiger partial charge in [-0.3, -0.25) is 9.36 Å². The molecule has 0 saturated carbocycles. The molecule has 1 N–H and O–H groups in total. The summed E-state index contributed by atoms with van der Waals surface area (Å²) in [6, 6.07) is 16.1. The zero-order valence-corrected chi connectivity index (χ0v) is 15.3. The molecule has 1 saturated heterocycles. The van der Waals surface area contributed by atoms with Gasteiger partial charge in [0.25, 0.3) is 0 Å². The van der Waals surface area contributed by atoms with Crippen molar-refractivity contribution in [3.8, 4) is 0 Å². The van der Waals surface area contributed by atoms with E-state index < -0.39 is 0 Å². The summed E-state index contributed by atoms with van der Waals surface area (Å²) in [6.45, 7) is 1.52. The van der Waals surface area contributed by atoms with Crippen LogP contribution >= 0.6 is 0 Å². The maximum Gasteiger partial charge on any atom is 0.343 e. The van der Waals surface area contributed by atoms with Gasteiger partial charge in [-0.2, -0.15) is 5.10 Å². The third-order valence-corrected chi connectivity index (χ3v) is 5.12. The van der Waals surface area contributed by atoms with Gasteiger partial charge in [0.2, 0.25) is 5.91 Å². The predicted octanol–water partition coefficient (Wildman–Crippen LogP) is 2.47. The molecule has 0 aliphatic carbocycles. The Hall–Kier alpha value is -3.22. The van der Waals surface area contributed by atoms with E-state index in [9.17, 15) is 14.0 Å². The van der Waals surface area contributed by atoms with Crippen LogP contribution in [0.25, 0.3) is 0 Å². The molecule has 1 fully saturated rings. The maximum atomic E-state index is 13.1. The topological polar surface area (TPSA) is 71.0 Å². The number of H-pyrrole nitrogens is 1. The van der Waals surface area contributed by atoms with Crippen molar-refractivity contribution in [1.82, 2.24) is 19.7 Å². The van der Waals surface area contributed by atoms with E-state index in [2.05, 4.69) is 10.2 Å². The number of aryl methyl sites for hydroxylation is 1. The van der Waals surface area contributed by atoms with E-state index in [1.54, 1.807) is 16.7 Å². The monoisotopic (exact) mass is 380 g/mol. The van der Waals surface area contributed by atoms with Crippen LogP contribution in [0.15, 0.2) is 59.4 Å². The predicted molar refractivity (Wildman–Crippen MR) is 102 cm³/mol. The number of hydrogen-bond acceptors (Lipinski definition) is 3. The highest BCUT2D eigenvalue weighted by molar-refractivity contribution is 5.79. The number of benzene rings is 2. The quantitative estimate of drug-likeness (QED) is 0.714. The second-order valence-electron chi connectivity index (χ2n) is 7.08. The Morgan fingerprint density at radius 2 is 1.79 bits per heavy atom. The summed E-state index contributed by atoms with van der Waals surface area (Å²) in [5, 5.41) is 6.69. The van der Waals surface area contributed by atoms with Crippen LogP contribution in [0.1, 0.15) is 29.3 Å². The molecule has 0 unspecified atom stereocenters. The van der Waals surface area contributed by atoms with Crippen LogP contribution < -0.4 is 5.69 Å². The van der Waals surface area contributed by atoms with Gasteiger partial charge in [-0.15, -0.1) is 0 Å². The van der Waals surface area contributed by atoms with Gasteiger partial charge in [-0.1, -0.05) is 42.5 Å². The molecule has 7 heteroatoms. The molecule has 1 aliphatic heterocycles. The third kappa shape index (κ3) is 3.88. The van der Waals surface area contributed by atoms with E-state index in [-0.39, 0.29) is 23.3 Å². The Labute approximate surface area is 161 Å². The molecule has 6 nitrogen and oxygen atoms in total. The molecule has 4 rings (SSSR count). The molecule has 2 aromatic carbocycles. The zero-order chi connectivity index (χ0) is 19.5. The molecular formula is C21H21FN4O2. The lowest BCUT2D eigenvalue weighted by Crippen LogP contribution is -2.25. The molecule has 1 aromatic heterocycles. The standard InChI is InChI=1S/C21H21FN4O2/c22-18-8-6-15(7-9-18)10-11-26-20(23-24-21(26)28)17-12-19(27)25(14-17)13-16-4-2-1-3-5-16/h1-9,17H,10-14H2,(H,24,28)/t17-/m1/s1. The van der Waals surface area contributed by atoms with Crippen molar-refractivity contribution in [2.75, 3.05) is 6.54 Å². The van der Waals surface area contributed by atoms with E-state index in [1.807, 2.05) is 35.2 Å². The van der Waals surface area contributed by atoms with Gasteiger partial charge < -0.3 is 4.90 Å². The average molecular weight is 380 g/mol. The van der Waals surface area contributed by atoms with Gasteiger partial charge in [0.05, 0.1) is 0 Å². The molecule has 1 aliphatic rings.